The molecule has 0 fully saturated rings. The van der Waals surface area contributed by atoms with E-state index in [1.807, 2.05) is 20.8 Å². The summed E-state index contributed by atoms with van der Waals surface area (Å²) in [4.78, 5) is 42.2. The van der Waals surface area contributed by atoms with Crippen molar-refractivity contribution in [1.29, 1.82) is 0 Å². The van der Waals surface area contributed by atoms with Crippen LogP contribution in [0.3, 0.4) is 0 Å². The molecule has 12 nitrogen and oxygen atoms in total. The average Bonchev–Trinajstić information content (AvgIpc) is 3.36. The summed E-state index contributed by atoms with van der Waals surface area (Å²) in [5, 5.41) is 9.35. The van der Waals surface area contributed by atoms with Crippen LogP contribution in [0, 0.1) is 6.92 Å². The Hall–Kier alpha value is -4.74. The number of hydrogen-bond acceptors (Lipinski definition) is 9. The highest BCUT2D eigenvalue weighted by Crippen LogP contribution is 2.41. The highest BCUT2D eigenvalue weighted by Gasteiger charge is 2.37. The monoisotopic (exact) mass is 582 g/mol. The minimum Gasteiger partial charge on any atom is -0.493 e. The summed E-state index contributed by atoms with van der Waals surface area (Å²) in [5.74, 6) is 0.791. The first-order valence-corrected chi connectivity index (χ1v) is 13.2. The molecule has 2 N–H and O–H groups in total. The van der Waals surface area contributed by atoms with Gasteiger partial charge in [-0.3, -0.25) is 19.3 Å². The van der Waals surface area contributed by atoms with Crippen molar-refractivity contribution in [3.8, 4) is 23.0 Å². The molecule has 0 aliphatic rings. The number of anilines is 2. The zero-order chi connectivity index (χ0) is 31.0. The fourth-order valence-corrected chi connectivity index (χ4v) is 4.35. The minimum atomic E-state index is -1.22. The molecule has 0 aliphatic heterocycles. The van der Waals surface area contributed by atoms with E-state index in [0.29, 0.717) is 34.3 Å². The number of carbonyl (C=O) groups excluding carboxylic acids is 3. The fourth-order valence-electron chi connectivity index (χ4n) is 4.35. The molecule has 0 saturated carbocycles. The SMILES string of the molecule is COc1ccc(N(C(=O)CCC(=O)Nc2cc(C)on2)C(C(=O)NC(C)(C)C)c2cccc(OC)c2OC)cc1OC. The van der Waals surface area contributed by atoms with Crippen LogP contribution in [-0.2, 0) is 14.4 Å². The molecular formula is C30H38N4O8. The van der Waals surface area contributed by atoms with E-state index in [1.165, 1.54) is 33.3 Å². The Balaban J connectivity index is 2.13. The summed E-state index contributed by atoms with van der Waals surface area (Å²) in [6.45, 7) is 7.21. The molecular weight excluding hydrogens is 544 g/mol. The molecule has 226 valence electrons. The van der Waals surface area contributed by atoms with Crippen LogP contribution in [0.15, 0.2) is 47.0 Å². The molecule has 0 aliphatic carbocycles. The van der Waals surface area contributed by atoms with E-state index in [0.717, 1.165) is 0 Å². The van der Waals surface area contributed by atoms with Crippen LogP contribution in [0.25, 0.3) is 0 Å². The lowest BCUT2D eigenvalue weighted by molar-refractivity contribution is -0.128. The van der Waals surface area contributed by atoms with Crippen molar-refractivity contribution < 1.29 is 37.9 Å². The van der Waals surface area contributed by atoms with Crippen molar-refractivity contribution in [3.63, 3.8) is 0 Å². The van der Waals surface area contributed by atoms with Crippen LogP contribution in [0.5, 0.6) is 23.0 Å². The van der Waals surface area contributed by atoms with Crippen LogP contribution >= 0.6 is 0 Å². The van der Waals surface area contributed by atoms with Gasteiger partial charge in [0.05, 0.1) is 28.4 Å². The number of hydrogen-bond donors (Lipinski definition) is 2. The van der Waals surface area contributed by atoms with Gasteiger partial charge in [0.15, 0.2) is 28.8 Å². The summed E-state index contributed by atoms with van der Waals surface area (Å²) in [5.41, 5.74) is 0.0805. The first-order valence-electron chi connectivity index (χ1n) is 13.2. The Kier molecular flexibility index (Phi) is 10.4. The van der Waals surface area contributed by atoms with Crippen molar-refractivity contribution in [2.45, 2.75) is 52.1 Å². The third-order valence-corrected chi connectivity index (χ3v) is 6.11. The third-order valence-electron chi connectivity index (χ3n) is 6.11. The van der Waals surface area contributed by atoms with Crippen molar-refractivity contribution >= 4 is 29.2 Å². The highest BCUT2D eigenvalue weighted by molar-refractivity contribution is 6.03. The van der Waals surface area contributed by atoms with Crippen LogP contribution in [-0.4, -0.2) is 56.9 Å². The summed E-state index contributed by atoms with van der Waals surface area (Å²) in [6, 6.07) is 10.3. The summed E-state index contributed by atoms with van der Waals surface area (Å²) in [6.07, 6.45) is -0.417. The lowest BCUT2D eigenvalue weighted by Crippen LogP contribution is -2.49. The Labute approximate surface area is 245 Å². The Bertz CT molecular complexity index is 1410. The van der Waals surface area contributed by atoms with E-state index in [-0.39, 0.29) is 24.4 Å². The number of nitrogens with one attached hydrogen (secondary N) is 2. The van der Waals surface area contributed by atoms with Gasteiger partial charge in [-0.05, 0) is 45.9 Å². The van der Waals surface area contributed by atoms with Gasteiger partial charge in [-0.1, -0.05) is 17.3 Å². The highest BCUT2D eigenvalue weighted by atomic mass is 16.5. The van der Waals surface area contributed by atoms with E-state index in [2.05, 4.69) is 15.8 Å². The zero-order valence-corrected chi connectivity index (χ0v) is 25.2. The van der Waals surface area contributed by atoms with E-state index in [9.17, 15) is 14.4 Å². The van der Waals surface area contributed by atoms with Crippen LogP contribution < -0.4 is 34.5 Å². The van der Waals surface area contributed by atoms with Crippen molar-refractivity contribution in [2.75, 3.05) is 38.7 Å². The Morgan fingerprint density at radius 1 is 0.905 bits per heavy atom. The van der Waals surface area contributed by atoms with Crippen molar-refractivity contribution in [1.82, 2.24) is 10.5 Å². The lowest BCUT2D eigenvalue weighted by Gasteiger charge is -2.34. The Morgan fingerprint density at radius 2 is 1.60 bits per heavy atom. The van der Waals surface area contributed by atoms with Gasteiger partial charge >= 0.3 is 0 Å². The van der Waals surface area contributed by atoms with Gasteiger partial charge in [0.25, 0.3) is 0 Å². The number of benzene rings is 2. The number of aryl methyl sites for hydroxylation is 1. The summed E-state index contributed by atoms with van der Waals surface area (Å²) in [7, 11) is 5.91. The second-order valence-electron chi connectivity index (χ2n) is 10.4. The first-order chi connectivity index (χ1) is 19.9. The second-order valence-corrected chi connectivity index (χ2v) is 10.4. The lowest BCUT2D eigenvalue weighted by atomic mass is 9.98. The van der Waals surface area contributed by atoms with Crippen molar-refractivity contribution in [2.24, 2.45) is 0 Å². The second kappa shape index (κ2) is 13.7. The third kappa shape index (κ3) is 7.71. The van der Waals surface area contributed by atoms with E-state index in [4.69, 9.17) is 23.5 Å². The molecule has 1 heterocycles. The molecule has 0 bridgehead atoms. The van der Waals surface area contributed by atoms with Gasteiger partial charge < -0.3 is 34.1 Å². The number of amides is 3. The normalized spacial score (nSPS) is 11.7. The van der Waals surface area contributed by atoms with E-state index >= 15 is 0 Å². The minimum absolute atomic E-state index is 0.183. The van der Waals surface area contributed by atoms with Gasteiger partial charge in [-0.15, -0.1) is 0 Å². The fraction of sp³-hybridized carbons (Fsp3) is 0.400. The number of rotatable bonds is 12. The average molecular weight is 583 g/mol. The van der Waals surface area contributed by atoms with Gasteiger partial charge in [0, 0.05) is 41.8 Å². The summed E-state index contributed by atoms with van der Waals surface area (Å²) < 4.78 is 27.0. The number of ether oxygens (including phenoxy) is 4. The predicted molar refractivity (Wildman–Crippen MR) is 156 cm³/mol. The molecule has 12 heteroatoms. The number of aromatic nitrogens is 1. The molecule has 1 aromatic heterocycles. The van der Waals surface area contributed by atoms with Gasteiger partial charge in [-0.2, -0.15) is 0 Å². The van der Waals surface area contributed by atoms with Gasteiger partial charge in [0.2, 0.25) is 17.7 Å². The molecule has 3 amide bonds. The van der Waals surface area contributed by atoms with Crippen LogP contribution in [0.1, 0.15) is 51.0 Å². The molecule has 3 aromatic rings. The molecule has 2 aromatic carbocycles. The largest absolute Gasteiger partial charge is 0.493 e. The number of carbonyl (C=O) groups is 3. The van der Waals surface area contributed by atoms with Crippen LogP contribution in [0.2, 0.25) is 0 Å². The van der Waals surface area contributed by atoms with Crippen molar-refractivity contribution in [3.05, 3.63) is 53.8 Å². The smallest absolute Gasteiger partial charge is 0.248 e. The zero-order valence-electron chi connectivity index (χ0n) is 25.2. The molecule has 0 radical (unpaired) electrons. The molecule has 42 heavy (non-hydrogen) atoms. The predicted octanol–water partition coefficient (Wildman–Crippen LogP) is 4.43. The maximum Gasteiger partial charge on any atom is 0.248 e. The molecule has 3 rings (SSSR count). The number of nitrogens with zero attached hydrogens (tertiary/aromatic N) is 2. The number of para-hydroxylation sites is 1. The maximum absolute atomic E-state index is 14.1. The van der Waals surface area contributed by atoms with Gasteiger partial charge in [-0.25, -0.2) is 0 Å². The molecule has 0 spiro atoms. The van der Waals surface area contributed by atoms with Crippen LogP contribution in [0.4, 0.5) is 11.5 Å². The first kappa shape index (κ1) is 31.8. The topological polar surface area (TPSA) is 141 Å². The van der Waals surface area contributed by atoms with E-state index in [1.54, 1.807) is 49.4 Å². The number of methoxy groups -OCH3 is 4. The molecule has 1 unspecified atom stereocenters. The van der Waals surface area contributed by atoms with E-state index < -0.39 is 29.3 Å². The molecule has 1 atom stereocenters. The Morgan fingerprint density at radius 3 is 2.17 bits per heavy atom. The quantitative estimate of drug-likeness (QED) is 0.317. The van der Waals surface area contributed by atoms with Gasteiger partial charge in [0.1, 0.15) is 11.8 Å². The molecule has 0 saturated heterocycles. The maximum atomic E-state index is 14.1. The standard InChI is InChI=1S/C30H38N4O8/c1-18-16-24(33-42-18)31-25(35)14-15-26(36)34(19-12-13-21(38-5)23(17-19)40-7)27(29(37)32-30(2,3)4)20-10-9-11-22(39-6)28(20)41-8/h9-13,16-17,27H,14-15H2,1-8H3,(H,32,37)(H,31,33,35). The summed E-state index contributed by atoms with van der Waals surface area (Å²) >= 11 is 0.